The normalized spacial score (nSPS) is 22.9. The molecule has 50 heavy (non-hydrogen) atoms. The van der Waals surface area contributed by atoms with Gasteiger partial charge in [0.25, 0.3) is 0 Å². The van der Waals surface area contributed by atoms with Crippen molar-refractivity contribution in [2.45, 2.75) is 70.4 Å². The van der Waals surface area contributed by atoms with E-state index in [1.165, 1.54) is 69.4 Å². The number of hydrogen-bond acceptors (Lipinski definition) is 2. The lowest BCUT2D eigenvalue weighted by Gasteiger charge is -2.47. The van der Waals surface area contributed by atoms with E-state index >= 15 is 0 Å². The number of para-hydroxylation sites is 1. The van der Waals surface area contributed by atoms with Crippen molar-refractivity contribution >= 4 is 28.2 Å². The lowest BCUT2D eigenvalue weighted by atomic mass is 9.76. The van der Waals surface area contributed by atoms with E-state index in [4.69, 9.17) is 0 Å². The van der Waals surface area contributed by atoms with E-state index in [0.29, 0.717) is 23.9 Å². The number of allylic oxidation sites excluding steroid dienone is 3. The van der Waals surface area contributed by atoms with Crippen molar-refractivity contribution in [2.75, 3.05) is 16.3 Å². The highest BCUT2D eigenvalue weighted by molar-refractivity contribution is 5.85. The number of nitrogens with zero attached hydrogens (tertiary/aromatic N) is 2. The van der Waals surface area contributed by atoms with E-state index in [2.05, 4.69) is 175 Å². The molecule has 0 amide bonds. The van der Waals surface area contributed by atoms with E-state index in [0.717, 1.165) is 31.7 Å². The summed E-state index contributed by atoms with van der Waals surface area (Å²) in [7, 11) is 0. The van der Waals surface area contributed by atoms with E-state index in [1.54, 1.807) is 0 Å². The Morgan fingerprint density at radius 2 is 1.46 bits per heavy atom. The molecule has 0 bridgehead atoms. The molecule has 252 valence electrons. The predicted octanol–water partition coefficient (Wildman–Crippen LogP) is 12.3. The third-order valence-corrected chi connectivity index (χ3v) is 11.9. The molecule has 0 saturated heterocycles. The molecule has 0 aliphatic heterocycles. The Bertz CT molecular complexity index is 2000. The van der Waals surface area contributed by atoms with Gasteiger partial charge in [-0.3, -0.25) is 0 Å². The fraction of sp³-hybridized carbons (Fsp3) is 0.292. The first-order chi connectivity index (χ1) is 24.6. The fourth-order valence-corrected chi connectivity index (χ4v) is 8.94. The molecule has 5 unspecified atom stereocenters. The Balaban J connectivity index is 1.03. The monoisotopic (exact) mass is 654 g/mol. The lowest BCUT2D eigenvalue weighted by molar-refractivity contribution is 0.220. The second kappa shape index (κ2) is 14.6. The number of rotatable bonds is 9. The average molecular weight is 655 g/mol. The minimum Gasteiger partial charge on any atom is -0.361 e. The second-order valence-corrected chi connectivity index (χ2v) is 14.8. The zero-order chi connectivity index (χ0) is 33.9. The average Bonchev–Trinajstić information content (AvgIpc) is 3.18. The van der Waals surface area contributed by atoms with Crippen molar-refractivity contribution in [2.24, 2.45) is 11.8 Å². The van der Waals surface area contributed by atoms with Gasteiger partial charge in [0.1, 0.15) is 0 Å². The van der Waals surface area contributed by atoms with Gasteiger partial charge in [0, 0.05) is 35.6 Å². The van der Waals surface area contributed by atoms with Crippen LogP contribution in [0.1, 0.15) is 80.2 Å². The molecular weight excluding hydrogens is 605 g/mol. The number of fused-ring (bicyclic) bond motifs is 2. The van der Waals surface area contributed by atoms with Crippen molar-refractivity contribution in [1.29, 1.82) is 0 Å². The molecule has 1 saturated carbocycles. The van der Waals surface area contributed by atoms with Crippen LogP contribution in [-0.2, 0) is 6.42 Å². The molecule has 5 atom stereocenters. The van der Waals surface area contributed by atoms with Crippen LogP contribution in [0.4, 0.5) is 11.4 Å². The van der Waals surface area contributed by atoms with Gasteiger partial charge in [-0.2, -0.15) is 0 Å². The van der Waals surface area contributed by atoms with Crippen LogP contribution in [-0.4, -0.2) is 12.6 Å². The summed E-state index contributed by atoms with van der Waals surface area (Å²) in [5, 5.41) is 2.67. The molecule has 2 nitrogen and oxygen atoms in total. The molecular formula is C48H50N2. The summed E-state index contributed by atoms with van der Waals surface area (Å²) in [5.41, 5.74) is 9.56. The zero-order valence-electron chi connectivity index (χ0n) is 29.7. The highest BCUT2D eigenvalue weighted by atomic mass is 15.2. The van der Waals surface area contributed by atoms with Gasteiger partial charge in [-0.15, -0.1) is 0 Å². The van der Waals surface area contributed by atoms with E-state index in [9.17, 15) is 0 Å². The van der Waals surface area contributed by atoms with Crippen molar-refractivity contribution in [1.82, 2.24) is 0 Å². The zero-order valence-corrected chi connectivity index (χ0v) is 29.7. The maximum Gasteiger partial charge on any atom is 0.0586 e. The second-order valence-electron chi connectivity index (χ2n) is 14.8. The van der Waals surface area contributed by atoms with Crippen LogP contribution in [0.25, 0.3) is 16.8 Å². The molecule has 0 aromatic heterocycles. The molecule has 8 rings (SSSR count). The Kier molecular flexibility index (Phi) is 9.44. The quantitative estimate of drug-likeness (QED) is 0.156. The Morgan fingerprint density at radius 3 is 2.30 bits per heavy atom. The fourth-order valence-electron chi connectivity index (χ4n) is 8.94. The van der Waals surface area contributed by atoms with Gasteiger partial charge in [-0.05, 0) is 101 Å². The third kappa shape index (κ3) is 6.56. The summed E-state index contributed by atoms with van der Waals surface area (Å²) in [5.74, 6) is 1.80. The molecule has 5 aromatic rings. The molecule has 3 aliphatic rings. The largest absolute Gasteiger partial charge is 0.361 e. The van der Waals surface area contributed by atoms with E-state index in [1.807, 2.05) is 0 Å². The summed E-state index contributed by atoms with van der Waals surface area (Å²) in [6, 6.07) is 46.0. The number of anilines is 2. The van der Waals surface area contributed by atoms with Crippen molar-refractivity contribution in [3.8, 4) is 0 Å². The Morgan fingerprint density at radius 1 is 0.680 bits per heavy atom. The highest BCUT2D eigenvalue weighted by Crippen LogP contribution is 2.43. The highest BCUT2D eigenvalue weighted by Gasteiger charge is 2.36. The molecule has 3 aliphatic carbocycles. The van der Waals surface area contributed by atoms with Crippen LogP contribution in [0.5, 0.6) is 0 Å². The topological polar surface area (TPSA) is 6.48 Å². The first kappa shape index (κ1) is 32.4. The summed E-state index contributed by atoms with van der Waals surface area (Å²) < 4.78 is 0. The minimum absolute atomic E-state index is 0.373. The van der Waals surface area contributed by atoms with Crippen LogP contribution in [0.15, 0.2) is 151 Å². The van der Waals surface area contributed by atoms with Gasteiger partial charge >= 0.3 is 0 Å². The summed E-state index contributed by atoms with van der Waals surface area (Å²) in [6.45, 7) is 5.89. The van der Waals surface area contributed by atoms with E-state index in [-0.39, 0.29) is 0 Å². The van der Waals surface area contributed by atoms with Gasteiger partial charge in [-0.1, -0.05) is 148 Å². The van der Waals surface area contributed by atoms with Crippen molar-refractivity contribution < 1.29 is 0 Å². The summed E-state index contributed by atoms with van der Waals surface area (Å²) in [4.78, 5) is 5.31. The van der Waals surface area contributed by atoms with Gasteiger partial charge in [0.05, 0.1) is 6.04 Å². The first-order valence-corrected chi connectivity index (χ1v) is 19.0. The lowest BCUT2D eigenvalue weighted by Crippen LogP contribution is -2.46. The third-order valence-electron chi connectivity index (χ3n) is 11.9. The van der Waals surface area contributed by atoms with Gasteiger partial charge in [0.15, 0.2) is 0 Å². The molecule has 1 fully saturated rings. The summed E-state index contributed by atoms with van der Waals surface area (Å²) >= 11 is 0. The van der Waals surface area contributed by atoms with Crippen molar-refractivity contribution in [3.05, 3.63) is 174 Å². The molecule has 0 radical (unpaired) electrons. The van der Waals surface area contributed by atoms with Gasteiger partial charge in [-0.25, -0.2) is 0 Å². The number of benzene rings is 5. The maximum atomic E-state index is 2.81. The smallest absolute Gasteiger partial charge is 0.0586 e. The Hall–Kier alpha value is -4.82. The van der Waals surface area contributed by atoms with E-state index < -0.39 is 0 Å². The van der Waals surface area contributed by atoms with Crippen LogP contribution >= 0.6 is 0 Å². The Labute approximate surface area is 299 Å². The predicted molar refractivity (Wildman–Crippen MR) is 214 cm³/mol. The first-order valence-electron chi connectivity index (χ1n) is 19.0. The standard InChI is InChI=1S/C48H50N2/c1-35-13-10-23-47(36(35)2)50(48-24-12-18-40-15-7-9-22-46(40)48)44-31-27-38(28-32-44)37-25-29-43(30-26-37)49(42-19-4-3-5-20-42)34-33-41-17-11-16-39-14-6-8-21-45(39)41/h3-9,11-12,14-22,25,27-32,35-37,47-48H,10,13,23-24,26,33-34H2,1-2H3. The van der Waals surface area contributed by atoms with Gasteiger partial charge in [0.2, 0.25) is 0 Å². The molecule has 2 heteroatoms. The molecule has 5 aromatic carbocycles. The molecule has 0 spiro atoms. The van der Waals surface area contributed by atoms with Crippen LogP contribution < -0.4 is 9.80 Å². The van der Waals surface area contributed by atoms with Crippen LogP contribution in [0, 0.1) is 11.8 Å². The van der Waals surface area contributed by atoms with Crippen LogP contribution in [0.2, 0.25) is 0 Å². The molecule has 0 heterocycles. The summed E-state index contributed by atoms with van der Waals surface area (Å²) in [6.07, 6.45) is 19.0. The van der Waals surface area contributed by atoms with Crippen molar-refractivity contribution in [3.63, 3.8) is 0 Å². The molecule has 0 N–H and O–H groups in total. The minimum atomic E-state index is 0.373. The van der Waals surface area contributed by atoms with Gasteiger partial charge < -0.3 is 9.80 Å². The SMILES string of the molecule is CC1CCCC(N(c2ccc(C3C=CC(N(CCc4cccc5ccccc45)c4ccccc4)=CC3)cc2)C2CC=Cc3ccccc32)C1C. The number of hydrogen-bond donors (Lipinski definition) is 0. The van der Waals surface area contributed by atoms with Crippen LogP contribution in [0.3, 0.4) is 0 Å². The maximum absolute atomic E-state index is 2.81.